The number of alkyl halides is 3. The fraction of sp³-hybridized carbons (Fsp3) is 0.406. The molecule has 0 unspecified atom stereocenters. The number of hydrogen-bond donors (Lipinski definition) is 2. The molecule has 17 heteroatoms. The molecule has 0 bridgehead atoms. The number of ether oxygens (including phenoxy) is 1. The molecule has 0 spiro atoms. The van der Waals surface area contributed by atoms with Crippen molar-refractivity contribution in [1.29, 1.82) is 0 Å². The van der Waals surface area contributed by atoms with E-state index in [9.17, 15) is 32.7 Å². The van der Waals surface area contributed by atoms with Crippen molar-refractivity contribution in [2.75, 3.05) is 30.4 Å². The van der Waals surface area contributed by atoms with Crippen LogP contribution in [0.5, 0.6) is 11.6 Å². The molecule has 0 radical (unpaired) electrons. The van der Waals surface area contributed by atoms with Crippen molar-refractivity contribution >= 4 is 46.0 Å². The third-order valence-corrected chi connectivity index (χ3v) is 9.35. The highest BCUT2D eigenvalue weighted by molar-refractivity contribution is 6.33. The summed E-state index contributed by atoms with van der Waals surface area (Å²) in [6.45, 7) is 5.16. The lowest BCUT2D eigenvalue weighted by Gasteiger charge is -2.54. The maximum absolute atomic E-state index is 14.3. The normalized spacial score (nSPS) is 17.5. The Bertz CT molecular complexity index is 2060. The molecule has 1 saturated heterocycles. The number of nitrogens with zero attached hydrogens (tertiary/aromatic N) is 7. The Morgan fingerprint density at radius 2 is 1.84 bits per heavy atom. The first kappa shape index (κ1) is 33.9. The van der Waals surface area contributed by atoms with Crippen molar-refractivity contribution in [2.45, 2.75) is 64.8 Å². The first-order chi connectivity index (χ1) is 23.2. The van der Waals surface area contributed by atoms with Crippen LogP contribution >= 0.6 is 11.6 Å². The van der Waals surface area contributed by atoms with Crippen LogP contribution in [-0.2, 0) is 23.9 Å². The number of hydrogen-bond acceptors (Lipinski definition) is 10. The van der Waals surface area contributed by atoms with Gasteiger partial charge in [-0.25, -0.2) is 19.9 Å². The molecule has 3 aromatic heterocycles. The van der Waals surface area contributed by atoms with Crippen molar-refractivity contribution in [1.82, 2.24) is 29.4 Å². The first-order valence-corrected chi connectivity index (χ1v) is 15.9. The van der Waals surface area contributed by atoms with Gasteiger partial charge < -0.3 is 29.5 Å². The molecule has 2 amide bonds. The van der Waals surface area contributed by atoms with Crippen molar-refractivity contribution in [3.05, 3.63) is 68.1 Å². The third kappa shape index (κ3) is 5.98. The summed E-state index contributed by atoms with van der Waals surface area (Å²) in [5.74, 6) is -1.22. The van der Waals surface area contributed by atoms with E-state index in [4.69, 9.17) is 16.3 Å². The summed E-state index contributed by atoms with van der Waals surface area (Å²) in [4.78, 5) is 62.0. The maximum atomic E-state index is 14.3. The zero-order chi connectivity index (χ0) is 35.4. The Morgan fingerprint density at radius 1 is 1.10 bits per heavy atom. The second-order valence-electron chi connectivity index (χ2n) is 11.9. The van der Waals surface area contributed by atoms with Gasteiger partial charge in [-0.15, -0.1) is 0 Å². The van der Waals surface area contributed by atoms with Gasteiger partial charge in [0.25, 0.3) is 5.91 Å². The highest BCUT2D eigenvalue weighted by atomic mass is 35.5. The lowest BCUT2D eigenvalue weighted by Crippen LogP contribution is -2.67. The van der Waals surface area contributed by atoms with Crippen LogP contribution in [-0.4, -0.2) is 78.6 Å². The average Bonchev–Trinajstić information content (AvgIpc) is 3.03. The van der Waals surface area contributed by atoms with Crippen LogP contribution in [0.4, 0.5) is 24.5 Å². The number of carbonyl (C=O) groups is 2. The number of carbonyl (C=O) groups excluding carboxylic acids is 2. The molecule has 4 heterocycles. The van der Waals surface area contributed by atoms with Gasteiger partial charge in [0, 0.05) is 24.8 Å². The fourth-order valence-electron chi connectivity index (χ4n) is 6.50. The molecule has 2 atom stereocenters. The number of aryl methyl sites for hydroxylation is 2. The molecule has 1 aromatic carbocycles. The molecular formula is C32H32ClF3N8O5. The fourth-order valence-corrected chi connectivity index (χ4v) is 6.73. The Labute approximate surface area is 282 Å². The number of benzene rings is 1. The minimum Gasteiger partial charge on any atom is -0.504 e. The zero-order valence-electron chi connectivity index (χ0n) is 26.9. The highest BCUT2D eigenvalue weighted by Crippen LogP contribution is 2.39. The minimum atomic E-state index is -4.61. The molecule has 2 N–H and O–H groups in total. The van der Waals surface area contributed by atoms with Crippen LogP contribution in [0.25, 0.3) is 11.2 Å². The molecule has 4 aromatic rings. The van der Waals surface area contributed by atoms with E-state index in [-0.39, 0.29) is 76.6 Å². The first-order valence-electron chi connectivity index (χ1n) is 15.5. The molecule has 1 aliphatic heterocycles. The largest absolute Gasteiger partial charge is 0.504 e. The van der Waals surface area contributed by atoms with E-state index in [2.05, 4.69) is 25.3 Å². The van der Waals surface area contributed by atoms with E-state index >= 15 is 0 Å². The maximum Gasteiger partial charge on any atom is 0.416 e. The molecule has 1 aliphatic carbocycles. The quantitative estimate of drug-likeness (QED) is 0.285. The smallest absolute Gasteiger partial charge is 0.416 e. The van der Waals surface area contributed by atoms with E-state index < -0.39 is 29.0 Å². The van der Waals surface area contributed by atoms with Crippen LogP contribution in [0.1, 0.15) is 52.9 Å². The second-order valence-corrected chi connectivity index (χ2v) is 12.3. The molecule has 1 saturated carbocycles. The van der Waals surface area contributed by atoms with Gasteiger partial charge in [-0.3, -0.25) is 14.4 Å². The standard InChI is InChI=1S/C32H32ClF3N8O5/c1-5-20-26(42-10-11-43(22-9-8-21(22)42)31(48)25-27(46)15(2)37-14-38-25)28(47)24-29(39-16(3)30(41-24)49-4)44(20)13-23(45)40-19-7-6-17(12-18(19)33)32(34,35)36/h6-7,12,14,21-22,46H,5,8-11,13H2,1-4H3,(H,40,45)/t21-,22-/m0/s1. The predicted octanol–water partition coefficient (Wildman–Crippen LogP) is 4.28. The van der Waals surface area contributed by atoms with Crippen LogP contribution in [0, 0.1) is 13.8 Å². The lowest BCUT2D eigenvalue weighted by molar-refractivity contribution is -0.137. The summed E-state index contributed by atoms with van der Waals surface area (Å²) in [6.07, 6.45) is -1.77. The van der Waals surface area contributed by atoms with E-state index in [1.807, 2.05) is 11.8 Å². The van der Waals surface area contributed by atoms with Gasteiger partial charge in [0.2, 0.25) is 17.2 Å². The van der Waals surface area contributed by atoms with Gasteiger partial charge >= 0.3 is 6.18 Å². The molecule has 2 aliphatic rings. The number of methoxy groups -OCH3 is 1. The molecule has 49 heavy (non-hydrogen) atoms. The van der Waals surface area contributed by atoms with Gasteiger partial charge in [-0.05, 0) is 51.3 Å². The zero-order valence-corrected chi connectivity index (χ0v) is 27.7. The van der Waals surface area contributed by atoms with E-state index in [1.165, 1.54) is 13.4 Å². The summed E-state index contributed by atoms with van der Waals surface area (Å²) in [6, 6.07) is 2.09. The van der Waals surface area contributed by atoms with Crippen LogP contribution in [0.3, 0.4) is 0 Å². The van der Waals surface area contributed by atoms with Crippen LogP contribution < -0.4 is 20.4 Å². The van der Waals surface area contributed by atoms with Crippen molar-refractivity contribution in [3.63, 3.8) is 0 Å². The Morgan fingerprint density at radius 3 is 2.47 bits per heavy atom. The molecule has 13 nitrogen and oxygen atoms in total. The van der Waals surface area contributed by atoms with Gasteiger partial charge in [0.1, 0.15) is 24.3 Å². The van der Waals surface area contributed by atoms with Crippen molar-refractivity contribution in [3.8, 4) is 11.6 Å². The number of amides is 2. The summed E-state index contributed by atoms with van der Waals surface area (Å²) in [5.41, 5.74) is 0.0473. The lowest BCUT2D eigenvalue weighted by atomic mass is 9.81. The number of aromatic nitrogens is 5. The van der Waals surface area contributed by atoms with E-state index in [0.29, 0.717) is 36.3 Å². The minimum absolute atomic E-state index is 0.0183. The van der Waals surface area contributed by atoms with Crippen LogP contribution in [0.15, 0.2) is 29.3 Å². The summed E-state index contributed by atoms with van der Waals surface area (Å²) < 4.78 is 46.5. The second kappa shape index (κ2) is 12.8. The topological polar surface area (TPSA) is 156 Å². The summed E-state index contributed by atoms with van der Waals surface area (Å²) in [5, 5.41) is 12.8. The van der Waals surface area contributed by atoms with Gasteiger partial charge in [0.15, 0.2) is 22.6 Å². The summed E-state index contributed by atoms with van der Waals surface area (Å²) >= 11 is 6.11. The van der Waals surface area contributed by atoms with Gasteiger partial charge in [0.05, 0.1) is 35.1 Å². The predicted molar refractivity (Wildman–Crippen MR) is 173 cm³/mol. The number of halogens is 4. The number of anilines is 2. The average molecular weight is 701 g/mol. The number of piperazine rings is 1. The van der Waals surface area contributed by atoms with Gasteiger partial charge in [-0.1, -0.05) is 18.5 Å². The number of aromatic hydroxyl groups is 1. The SMILES string of the molecule is CCc1c(N2CCN(C(=O)c3ncnc(C)c3O)[C@H]3CC[C@@H]32)c(=O)c2nc(OC)c(C)nc2n1CC(=O)Nc1ccc(C(F)(F)F)cc1Cl. The number of pyridine rings is 1. The number of nitrogens with one attached hydrogen (secondary N) is 1. The van der Waals surface area contributed by atoms with E-state index in [0.717, 1.165) is 18.2 Å². The molecule has 258 valence electrons. The monoisotopic (exact) mass is 700 g/mol. The molecule has 6 rings (SSSR count). The number of rotatable bonds is 7. The molecular weight excluding hydrogens is 669 g/mol. The van der Waals surface area contributed by atoms with E-state index in [1.54, 1.807) is 23.3 Å². The van der Waals surface area contributed by atoms with Crippen LogP contribution in [0.2, 0.25) is 5.02 Å². The summed E-state index contributed by atoms with van der Waals surface area (Å²) in [7, 11) is 1.40. The Kier molecular flexibility index (Phi) is 8.85. The third-order valence-electron chi connectivity index (χ3n) is 9.03. The Balaban J connectivity index is 1.39. The Hall–Kier alpha value is -4.99. The number of fused-ring (bicyclic) bond motifs is 2. The van der Waals surface area contributed by atoms with Crippen molar-refractivity contribution < 1.29 is 32.6 Å². The van der Waals surface area contributed by atoms with Gasteiger partial charge in [-0.2, -0.15) is 13.2 Å². The molecule has 2 fully saturated rings. The highest BCUT2D eigenvalue weighted by Gasteiger charge is 2.47. The van der Waals surface area contributed by atoms with Crippen molar-refractivity contribution in [2.24, 2.45) is 0 Å².